The molecule has 0 heterocycles. The van der Waals surface area contributed by atoms with Gasteiger partial charge in [0.1, 0.15) is 34.5 Å². The van der Waals surface area contributed by atoms with Crippen LogP contribution in [-0.2, 0) is 34.9 Å². The van der Waals surface area contributed by atoms with Crippen LogP contribution in [-0.4, -0.2) is 42.7 Å². The molecule has 11 heteroatoms. The molecule has 9 aromatic rings. The molecule has 9 aromatic carbocycles. The van der Waals surface area contributed by atoms with Crippen molar-refractivity contribution in [1.29, 1.82) is 0 Å². The van der Waals surface area contributed by atoms with Crippen LogP contribution >= 0.6 is 7.82 Å². The van der Waals surface area contributed by atoms with Crippen molar-refractivity contribution in [2.75, 3.05) is 42.7 Å². The summed E-state index contributed by atoms with van der Waals surface area (Å²) < 4.78 is 80.3. The maximum Gasteiger partial charge on any atom is 0.479 e. The molecular formula is C63H57O10P. The second-order valence-corrected chi connectivity index (χ2v) is 18.5. The van der Waals surface area contributed by atoms with Crippen molar-refractivity contribution in [3.8, 4) is 34.5 Å². The Morgan fingerprint density at radius 3 is 0.581 bits per heavy atom. The van der Waals surface area contributed by atoms with Gasteiger partial charge in [0.25, 0.3) is 0 Å². The minimum Gasteiger partial charge on any atom is -0.496 e. The third-order valence-electron chi connectivity index (χ3n) is 13.2. The summed E-state index contributed by atoms with van der Waals surface area (Å²) in [7, 11) is 3.89. The minimum absolute atomic E-state index is 0.404. The zero-order chi connectivity index (χ0) is 51.6. The topological polar surface area (TPSA) is 100 Å². The Kier molecular flexibility index (Phi) is 15.3. The van der Waals surface area contributed by atoms with Gasteiger partial charge in [-0.2, -0.15) is 0 Å². The van der Waals surface area contributed by atoms with E-state index in [0.717, 1.165) is 0 Å². The molecule has 0 N–H and O–H groups in total. The molecule has 0 amide bonds. The Hall–Kier alpha value is -8.11. The summed E-state index contributed by atoms with van der Waals surface area (Å²) in [6.07, 6.45) is 0. The largest absolute Gasteiger partial charge is 0.496 e. The molecule has 74 heavy (non-hydrogen) atoms. The van der Waals surface area contributed by atoms with Crippen molar-refractivity contribution in [2.24, 2.45) is 0 Å². The van der Waals surface area contributed by atoms with Gasteiger partial charge in [-0.15, -0.1) is 0 Å². The highest BCUT2D eigenvalue weighted by Crippen LogP contribution is 2.70. The van der Waals surface area contributed by atoms with Crippen molar-refractivity contribution in [3.63, 3.8) is 0 Å². The highest BCUT2D eigenvalue weighted by atomic mass is 31.2. The molecule has 0 aromatic heterocycles. The van der Waals surface area contributed by atoms with Crippen LogP contribution < -0.4 is 28.4 Å². The third-order valence-corrected chi connectivity index (χ3v) is 14.7. The van der Waals surface area contributed by atoms with E-state index in [0.29, 0.717) is 84.6 Å². The smallest absolute Gasteiger partial charge is 0.479 e. The van der Waals surface area contributed by atoms with Crippen LogP contribution in [0.5, 0.6) is 34.5 Å². The lowest BCUT2D eigenvalue weighted by molar-refractivity contribution is -0.0147. The van der Waals surface area contributed by atoms with Gasteiger partial charge in [-0.25, -0.2) is 4.57 Å². The van der Waals surface area contributed by atoms with Crippen LogP contribution in [0.15, 0.2) is 237 Å². The van der Waals surface area contributed by atoms with Gasteiger partial charge in [0.15, 0.2) is 16.8 Å². The van der Waals surface area contributed by atoms with E-state index in [-0.39, 0.29) is 0 Å². The van der Waals surface area contributed by atoms with Crippen molar-refractivity contribution < 1.29 is 46.6 Å². The second kappa shape index (κ2) is 22.3. The number of methoxy groups -OCH3 is 6. The first-order valence-electron chi connectivity index (χ1n) is 24.0. The van der Waals surface area contributed by atoms with E-state index in [1.165, 1.54) is 0 Å². The highest BCUT2D eigenvalue weighted by Gasteiger charge is 2.59. The van der Waals surface area contributed by atoms with Crippen molar-refractivity contribution in [2.45, 2.75) is 16.8 Å². The van der Waals surface area contributed by atoms with Crippen LogP contribution in [0, 0.1) is 0 Å². The number of phosphoric acid groups is 1. The van der Waals surface area contributed by atoms with Crippen LogP contribution in [0.1, 0.15) is 50.1 Å². The summed E-state index contributed by atoms with van der Waals surface area (Å²) >= 11 is 0. The lowest BCUT2D eigenvalue weighted by Crippen LogP contribution is -2.40. The van der Waals surface area contributed by atoms with E-state index < -0.39 is 24.6 Å². The Labute approximate surface area is 433 Å². The molecule has 0 spiro atoms. The summed E-state index contributed by atoms with van der Waals surface area (Å²) in [5.41, 5.74) is -1.58. The highest BCUT2D eigenvalue weighted by molar-refractivity contribution is 7.48. The van der Waals surface area contributed by atoms with Gasteiger partial charge in [-0.3, -0.25) is 13.6 Å². The minimum atomic E-state index is -5.59. The summed E-state index contributed by atoms with van der Waals surface area (Å²) in [6.45, 7) is 0. The first-order valence-corrected chi connectivity index (χ1v) is 25.4. The molecule has 0 saturated carbocycles. The van der Waals surface area contributed by atoms with Crippen LogP contribution in [0.2, 0.25) is 0 Å². The molecule has 0 bridgehead atoms. The maximum absolute atomic E-state index is 18.7. The quantitative estimate of drug-likeness (QED) is 0.0511. The lowest BCUT2D eigenvalue weighted by Gasteiger charge is -2.46. The Bertz CT molecular complexity index is 2850. The van der Waals surface area contributed by atoms with E-state index >= 15 is 4.57 Å². The van der Waals surface area contributed by atoms with Crippen LogP contribution in [0.4, 0.5) is 0 Å². The predicted molar refractivity (Wildman–Crippen MR) is 288 cm³/mol. The molecule has 9 rings (SSSR count). The molecule has 0 radical (unpaired) electrons. The van der Waals surface area contributed by atoms with E-state index in [9.17, 15) is 0 Å². The fraction of sp³-hybridized carbons (Fsp3) is 0.143. The number of benzene rings is 9. The summed E-state index contributed by atoms with van der Waals surface area (Å²) in [4.78, 5) is 0. The van der Waals surface area contributed by atoms with Gasteiger partial charge < -0.3 is 28.4 Å². The number of phosphoric ester groups is 1. The molecule has 374 valence electrons. The predicted octanol–water partition coefficient (Wildman–Crippen LogP) is 14.2. The zero-order valence-corrected chi connectivity index (χ0v) is 42.9. The molecule has 0 saturated heterocycles. The second-order valence-electron chi connectivity index (χ2n) is 17.1. The molecule has 0 fully saturated rings. The van der Waals surface area contributed by atoms with E-state index in [4.69, 9.17) is 42.0 Å². The molecule has 0 unspecified atom stereocenters. The van der Waals surface area contributed by atoms with E-state index in [1.807, 2.05) is 237 Å². The fourth-order valence-corrected chi connectivity index (χ4v) is 12.0. The number of para-hydroxylation sites is 6. The Balaban J connectivity index is 1.53. The maximum atomic E-state index is 18.7. The Morgan fingerprint density at radius 2 is 0.405 bits per heavy atom. The normalized spacial score (nSPS) is 11.9. The number of ether oxygens (including phenoxy) is 6. The van der Waals surface area contributed by atoms with Crippen molar-refractivity contribution in [3.05, 3.63) is 287 Å². The summed E-state index contributed by atoms with van der Waals surface area (Å²) in [5.74, 6) is 2.42. The van der Waals surface area contributed by atoms with Crippen LogP contribution in [0.25, 0.3) is 0 Å². The summed E-state index contributed by atoms with van der Waals surface area (Å²) in [6, 6.07) is 73.1. The average Bonchev–Trinajstić information content (AvgIpc) is 3.48. The van der Waals surface area contributed by atoms with Gasteiger partial charge in [-0.05, 0) is 53.1 Å². The molecule has 0 aliphatic rings. The SMILES string of the molecule is COc1ccccc1C(OP(=O)(OC(c1ccccc1)(c1ccccc1OC)c1ccccc1OC)OC(c1ccccc1)(c1ccccc1OC)c1ccccc1OC)(c1ccccc1)c1ccccc1OC. The first-order chi connectivity index (χ1) is 36.3. The standard InChI is InChI=1S/C63H57O10P/c1-65-55-40-22-16-34-49(55)61(46-28-10-7-11-29-46,50-35-17-23-41-56(50)66-2)71-74(64,72-62(47-30-12-8-13-31-47,51-36-18-24-42-57(51)67-3)52-37-19-25-43-58(52)68-4)73-63(48-32-14-9-15-33-48,53-38-20-26-44-59(53)69-5)54-39-21-27-45-60(54)70-6/h7-45H,1-6H3. The van der Waals surface area contributed by atoms with Crippen LogP contribution in [0.3, 0.4) is 0 Å². The number of rotatable bonds is 21. The third kappa shape index (κ3) is 9.18. The average molecular weight is 1010 g/mol. The van der Waals surface area contributed by atoms with E-state index in [2.05, 4.69) is 0 Å². The monoisotopic (exact) mass is 1000 g/mol. The molecule has 0 atom stereocenters. The van der Waals surface area contributed by atoms with Crippen molar-refractivity contribution >= 4 is 7.82 Å². The Morgan fingerprint density at radius 1 is 0.243 bits per heavy atom. The van der Waals surface area contributed by atoms with Gasteiger partial charge in [0, 0.05) is 33.4 Å². The van der Waals surface area contributed by atoms with Gasteiger partial charge in [-0.1, -0.05) is 200 Å². The van der Waals surface area contributed by atoms with E-state index in [1.54, 1.807) is 42.7 Å². The fourth-order valence-electron chi connectivity index (χ4n) is 10.0. The molecular weight excluding hydrogens is 948 g/mol. The van der Waals surface area contributed by atoms with Gasteiger partial charge in [0.05, 0.1) is 42.7 Å². The molecule has 0 aliphatic heterocycles. The van der Waals surface area contributed by atoms with Gasteiger partial charge in [0.2, 0.25) is 0 Å². The lowest BCUT2D eigenvalue weighted by atomic mass is 9.79. The molecule has 0 aliphatic carbocycles. The molecule has 10 nitrogen and oxygen atoms in total. The number of hydrogen-bond acceptors (Lipinski definition) is 10. The number of hydrogen-bond donors (Lipinski definition) is 0. The first kappa shape index (κ1) is 50.8. The van der Waals surface area contributed by atoms with Crippen molar-refractivity contribution in [1.82, 2.24) is 0 Å². The summed E-state index contributed by atoms with van der Waals surface area (Å²) in [5, 5.41) is 0. The van der Waals surface area contributed by atoms with Gasteiger partial charge >= 0.3 is 7.82 Å². The zero-order valence-electron chi connectivity index (χ0n) is 42.0.